The third-order valence-corrected chi connectivity index (χ3v) is 4.32. The molecule has 1 heterocycles. The Balaban J connectivity index is 1.87. The van der Waals surface area contributed by atoms with Gasteiger partial charge in [-0.1, -0.05) is 6.07 Å². The van der Waals surface area contributed by atoms with Crippen molar-refractivity contribution >= 4 is 0 Å². The highest BCUT2D eigenvalue weighted by Gasteiger charge is 2.31. The summed E-state index contributed by atoms with van der Waals surface area (Å²) in [4.78, 5) is 0. The number of aliphatic hydroxyl groups is 2. The summed E-state index contributed by atoms with van der Waals surface area (Å²) in [6.07, 6.45) is 0.964. The van der Waals surface area contributed by atoms with Crippen molar-refractivity contribution < 1.29 is 19.3 Å². The van der Waals surface area contributed by atoms with Gasteiger partial charge in [-0.2, -0.15) is 0 Å². The summed E-state index contributed by atoms with van der Waals surface area (Å²) in [6.45, 7) is 4.27. The fraction of sp³-hybridized carbons (Fsp3) is 0.625. The molecule has 2 rings (SSSR count). The summed E-state index contributed by atoms with van der Waals surface area (Å²) < 4.78 is 18.4. The molecule has 21 heavy (non-hydrogen) atoms. The second-order valence-corrected chi connectivity index (χ2v) is 5.92. The quantitative estimate of drug-likeness (QED) is 0.745. The van der Waals surface area contributed by atoms with E-state index in [4.69, 9.17) is 4.74 Å². The number of hydrogen-bond donors (Lipinski definition) is 3. The molecule has 1 unspecified atom stereocenters. The number of nitrogens with one attached hydrogen (secondary N) is 1. The molecule has 0 bridgehead atoms. The molecule has 0 amide bonds. The average Bonchev–Trinajstić information content (AvgIpc) is 2.48. The molecule has 0 aliphatic carbocycles. The largest absolute Gasteiger partial charge is 0.396 e. The Morgan fingerprint density at radius 2 is 2.10 bits per heavy atom. The van der Waals surface area contributed by atoms with Crippen LogP contribution in [0.25, 0.3) is 0 Å². The molecular weight excluding hydrogens is 273 g/mol. The Morgan fingerprint density at radius 1 is 1.38 bits per heavy atom. The number of hydrogen-bond acceptors (Lipinski definition) is 4. The van der Waals surface area contributed by atoms with E-state index in [0.29, 0.717) is 26.3 Å². The summed E-state index contributed by atoms with van der Waals surface area (Å²) in [5, 5.41) is 23.0. The first-order valence-electron chi connectivity index (χ1n) is 7.40. The lowest BCUT2D eigenvalue weighted by Crippen LogP contribution is -2.42. The van der Waals surface area contributed by atoms with E-state index in [2.05, 4.69) is 5.32 Å². The van der Waals surface area contributed by atoms with Crippen LogP contribution in [0.4, 0.5) is 4.39 Å². The molecule has 0 saturated carbocycles. The van der Waals surface area contributed by atoms with Gasteiger partial charge in [0.2, 0.25) is 0 Å². The highest BCUT2D eigenvalue weighted by molar-refractivity contribution is 5.28. The van der Waals surface area contributed by atoms with E-state index in [9.17, 15) is 14.6 Å². The lowest BCUT2D eigenvalue weighted by Gasteiger charge is -2.36. The van der Waals surface area contributed by atoms with Crippen molar-refractivity contribution in [3.63, 3.8) is 0 Å². The molecule has 1 aromatic rings. The van der Waals surface area contributed by atoms with E-state index < -0.39 is 6.10 Å². The Morgan fingerprint density at radius 3 is 2.71 bits per heavy atom. The number of aliphatic hydroxyl groups excluding tert-OH is 2. The fourth-order valence-electron chi connectivity index (χ4n) is 2.79. The van der Waals surface area contributed by atoms with Crippen molar-refractivity contribution in [2.24, 2.45) is 5.41 Å². The maximum absolute atomic E-state index is 13.1. The fourth-order valence-corrected chi connectivity index (χ4v) is 2.79. The zero-order chi connectivity index (χ0) is 15.3. The Labute approximate surface area is 124 Å². The normalized spacial score (nSPS) is 19.4. The zero-order valence-electron chi connectivity index (χ0n) is 12.4. The van der Waals surface area contributed by atoms with E-state index in [1.165, 1.54) is 12.1 Å². The van der Waals surface area contributed by atoms with Crippen molar-refractivity contribution in [3.05, 3.63) is 35.1 Å². The molecule has 1 aliphatic heterocycles. The lowest BCUT2D eigenvalue weighted by atomic mass is 9.81. The number of benzene rings is 1. The molecule has 0 radical (unpaired) electrons. The number of halogens is 1. The van der Waals surface area contributed by atoms with E-state index in [-0.39, 0.29) is 17.8 Å². The zero-order valence-corrected chi connectivity index (χ0v) is 12.4. The first-order chi connectivity index (χ1) is 10.1. The van der Waals surface area contributed by atoms with Gasteiger partial charge in [-0.25, -0.2) is 4.39 Å². The van der Waals surface area contributed by atoms with Gasteiger partial charge in [0.15, 0.2) is 0 Å². The number of ether oxygens (including phenoxy) is 1. The van der Waals surface area contributed by atoms with Crippen LogP contribution in [0.3, 0.4) is 0 Å². The van der Waals surface area contributed by atoms with Gasteiger partial charge < -0.3 is 20.3 Å². The molecule has 1 aromatic carbocycles. The topological polar surface area (TPSA) is 61.7 Å². The SMILES string of the molecule is Cc1cc(F)ccc1C(O)CNCC1(CO)CCOCC1. The second-order valence-electron chi connectivity index (χ2n) is 5.92. The van der Waals surface area contributed by atoms with Gasteiger partial charge in [-0.05, 0) is 43.0 Å². The van der Waals surface area contributed by atoms with Crippen LogP contribution < -0.4 is 5.32 Å². The van der Waals surface area contributed by atoms with Crippen molar-refractivity contribution in [1.82, 2.24) is 5.32 Å². The van der Waals surface area contributed by atoms with E-state index in [1.807, 2.05) is 0 Å². The molecular formula is C16H24FNO3. The van der Waals surface area contributed by atoms with Gasteiger partial charge in [0, 0.05) is 31.7 Å². The van der Waals surface area contributed by atoms with E-state index in [0.717, 1.165) is 24.0 Å². The molecule has 1 aliphatic rings. The van der Waals surface area contributed by atoms with Crippen molar-refractivity contribution in [3.8, 4) is 0 Å². The maximum atomic E-state index is 13.1. The molecule has 0 spiro atoms. The first kappa shape index (κ1) is 16.4. The average molecular weight is 297 g/mol. The van der Waals surface area contributed by atoms with Crippen LogP contribution >= 0.6 is 0 Å². The van der Waals surface area contributed by atoms with E-state index >= 15 is 0 Å². The predicted molar refractivity (Wildman–Crippen MR) is 78.5 cm³/mol. The van der Waals surface area contributed by atoms with Crippen LogP contribution in [0.1, 0.15) is 30.1 Å². The van der Waals surface area contributed by atoms with Gasteiger partial charge in [-0.3, -0.25) is 0 Å². The minimum atomic E-state index is -0.679. The van der Waals surface area contributed by atoms with Crippen molar-refractivity contribution in [2.45, 2.75) is 25.9 Å². The van der Waals surface area contributed by atoms with Crippen molar-refractivity contribution in [2.75, 3.05) is 32.9 Å². The van der Waals surface area contributed by atoms with Crippen LogP contribution in [-0.4, -0.2) is 43.1 Å². The van der Waals surface area contributed by atoms with Gasteiger partial charge in [0.1, 0.15) is 5.82 Å². The standard InChI is InChI=1S/C16H24FNO3/c1-12-8-13(17)2-3-14(12)15(20)9-18-10-16(11-19)4-6-21-7-5-16/h2-3,8,15,18-20H,4-7,9-11H2,1H3. The summed E-state index contributed by atoms with van der Waals surface area (Å²) in [7, 11) is 0. The second kappa shape index (κ2) is 7.31. The Bertz CT molecular complexity index is 461. The summed E-state index contributed by atoms with van der Waals surface area (Å²) in [5.41, 5.74) is 1.32. The molecule has 3 N–H and O–H groups in total. The number of aryl methyl sites for hydroxylation is 1. The third kappa shape index (κ3) is 4.23. The van der Waals surface area contributed by atoms with Gasteiger partial charge in [0.25, 0.3) is 0 Å². The summed E-state index contributed by atoms with van der Waals surface area (Å²) in [6, 6.07) is 4.40. The summed E-state index contributed by atoms with van der Waals surface area (Å²) in [5.74, 6) is -0.294. The van der Waals surface area contributed by atoms with Crippen LogP contribution in [-0.2, 0) is 4.74 Å². The van der Waals surface area contributed by atoms with Crippen LogP contribution in [0.5, 0.6) is 0 Å². The predicted octanol–water partition coefficient (Wildman–Crippen LogP) is 1.55. The van der Waals surface area contributed by atoms with E-state index in [1.54, 1.807) is 13.0 Å². The van der Waals surface area contributed by atoms with Crippen molar-refractivity contribution in [1.29, 1.82) is 0 Å². The maximum Gasteiger partial charge on any atom is 0.123 e. The smallest absolute Gasteiger partial charge is 0.123 e. The molecule has 118 valence electrons. The van der Waals surface area contributed by atoms with Gasteiger partial charge >= 0.3 is 0 Å². The minimum absolute atomic E-state index is 0.120. The Hall–Kier alpha value is -1.01. The summed E-state index contributed by atoms with van der Waals surface area (Å²) >= 11 is 0. The molecule has 1 fully saturated rings. The van der Waals surface area contributed by atoms with Gasteiger partial charge in [-0.15, -0.1) is 0 Å². The molecule has 1 saturated heterocycles. The lowest BCUT2D eigenvalue weighted by molar-refractivity contribution is -0.0164. The van der Waals surface area contributed by atoms with Crippen LogP contribution in [0.15, 0.2) is 18.2 Å². The number of rotatable bonds is 6. The molecule has 1 atom stereocenters. The first-order valence-corrected chi connectivity index (χ1v) is 7.40. The molecule has 0 aromatic heterocycles. The van der Waals surface area contributed by atoms with Crippen LogP contribution in [0, 0.1) is 18.2 Å². The minimum Gasteiger partial charge on any atom is -0.396 e. The molecule has 4 nitrogen and oxygen atoms in total. The Kier molecular flexibility index (Phi) is 5.70. The van der Waals surface area contributed by atoms with Crippen LogP contribution in [0.2, 0.25) is 0 Å². The highest BCUT2D eigenvalue weighted by atomic mass is 19.1. The molecule has 5 heteroatoms. The third-order valence-electron chi connectivity index (χ3n) is 4.32. The highest BCUT2D eigenvalue weighted by Crippen LogP contribution is 2.29. The monoisotopic (exact) mass is 297 g/mol. The van der Waals surface area contributed by atoms with Gasteiger partial charge in [0.05, 0.1) is 12.7 Å².